The number of allylic oxidation sites excluding steroid dienone is 1. The van der Waals surface area contributed by atoms with Crippen molar-refractivity contribution in [3.05, 3.63) is 41.5 Å². The fourth-order valence-corrected chi connectivity index (χ4v) is 1.65. The summed E-state index contributed by atoms with van der Waals surface area (Å²) in [4.78, 5) is 13.6. The van der Waals surface area contributed by atoms with Gasteiger partial charge >= 0.3 is 0 Å². The first-order valence-electron chi connectivity index (χ1n) is 6.01. The molecule has 0 heterocycles. The molecule has 1 aromatic carbocycles. The molecule has 0 aromatic heterocycles. The Morgan fingerprint density at radius 3 is 2.28 bits per heavy atom. The van der Waals surface area contributed by atoms with Crippen LogP contribution in [0.1, 0.15) is 32.4 Å². The van der Waals surface area contributed by atoms with Gasteiger partial charge in [0.1, 0.15) is 5.75 Å². The van der Waals surface area contributed by atoms with Gasteiger partial charge in [0, 0.05) is 13.1 Å². The lowest BCUT2D eigenvalue weighted by Gasteiger charge is -2.24. The van der Waals surface area contributed by atoms with Crippen LogP contribution in [0.4, 0.5) is 0 Å². The molecule has 1 rings (SSSR count). The molecular formula is C15H21NO2. The second kappa shape index (κ2) is 6.24. The van der Waals surface area contributed by atoms with E-state index >= 15 is 0 Å². The fourth-order valence-electron chi connectivity index (χ4n) is 1.65. The third kappa shape index (κ3) is 3.62. The van der Waals surface area contributed by atoms with Crippen molar-refractivity contribution < 1.29 is 9.53 Å². The molecule has 0 spiro atoms. The first kappa shape index (κ1) is 14.3. The maximum atomic E-state index is 11.9. The van der Waals surface area contributed by atoms with Gasteiger partial charge in [-0.05, 0) is 38.5 Å². The molecule has 98 valence electrons. The summed E-state index contributed by atoms with van der Waals surface area (Å²) in [7, 11) is 3.46. The summed E-state index contributed by atoms with van der Waals surface area (Å²) >= 11 is 0. The van der Waals surface area contributed by atoms with Gasteiger partial charge < -0.3 is 9.64 Å². The molecule has 0 aliphatic heterocycles. The van der Waals surface area contributed by atoms with Crippen molar-refractivity contribution in [3.8, 4) is 5.75 Å². The SMILES string of the molecule is COc1ccc(C(C)N(C)C(=O)C=C(C)C)cc1. The molecule has 0 radical (unpaired) electrons. The Bertz CT molecular complexity index is 430. The van der Waals surface area contributed by atoms with Crippen molar-refractivity contribution >= 4 is 5.91 Å². The zero-order chi connectivity index (χ0) is 13.7. The van der Waals surface area contributed by atoms with Crippen LogP contribution in [0.2, 0.25) is 0 Å². The van der Waals surface area contributed by atoms with Crippen LogP contribution >= 0.6 is 0 Å². The second-order valence-electron chi connectivity index (χ2n) is 4.62. The Morgan fingerprint density at radius 1 is 1.28 bits per heavy atom. The molecule has 0 fully saturated rings. The first-order valence-corrected chi connectivity index (χ1v) is 6.01. The molecule has 0 aliphatic carbocycles. The molecular weight excluding hydrogens is 226 g/mol. The number of benzene rings is 1. The Kier molecular flexibility index (Phi) is 4.95. The van der Waals surface area contributed by atoms with Crippen LogP contribution in [0.25, 0.3) is 0 Å². The average molecular weight is 247 g/mol. The minimum Gasteiger partial charge on any atom is -0.497 e. The summed E-state index contributed by atoms with van der Waals surface area (Å²) in [6.07, 6.45) is 1.65. The topological polar surface area (TPSA) is 29.5 Å². The van der Waals surface area contributed by atoms with Crippen LogP contribution in [-0.2, 0) is 4.79 Å². The highest BCUT2D eigenvalue weighted by molar-refractivity contribution is 5.88. The number of nitrogens with zero attached hydrogens (tertiary/aromatic N) is 1. The van der Waals surface area contributed by atoms with E-state index in [1.165, 1.54) is 0 Å². The minimum atomic E-state index is 0.0262. The first-order chi connectivity index (χ1) is 8.45. The summed E-state index contributed by atoms with van der Waals surface area (Å²) in [5.41, 5.74) is 2.10. The number of hydrogen-bond donors (Lipinski definition) is 0. The fraction of sp³-hybridized carbons (Fsp3) is 0.400. The van der Waals surface area contributed by atoms with Crippen LogP contribution in [-0.4, -0.2) is 25.0 Å². The molecule has 18 heavy (non-hydrogen) atoms. The molecule has 0 aliphatic rings. The Balaban J connectivity index is 2.82. The molecule has 1 atom stereocenters. The van der Waals surface area contributed by atoms with Crippen molar-refractivity contribution in [1.82, 2.24) is 4.90 Å². The summed E-state index contributed by atoms with van der Waals surface area (Å²) in [6.45, 7) is 5.85. The third-order valence-electron chi connectivity index (χ3n) is 2.94. The van der Waals surface area contributed by atoms with Crippen molar-refractivity contribution in [2.24, 2.45) is 0 Å². The molecule has 0 saturated carbocycles. The van der Waals surface area contributed by atoms with Crippen LogP contribution < -0.4 is 4.74 Å². The lowest BCUT2D eigenvalue weighted by atomic mass is 10.1. The predicted octanol–water partition coefficient (Wildman–Crippen LogP) is 3.18. The van der Waals surface area contributed by atoms with Crippen LogP contribution in [0.5, 0.6) is 5.75 Å². The standard InChI is InChI=1S/C15H21NO2/c1-11(2)10-15(17)16(4)12(3)13-6-8-14(18-5)9-7-13/h6-10,12H,1-5H3. The molecule has 3 heteroatoms. The van der Waals surface area contributed by atoms with Gasteiger partial charge in [0.05, 0.1) is 13.2 Å². The van der Waals surface area contributed by atoms with Crippen LogP contribution in [0.3, 0.4) is 0 Å². The Labute approximate surface area is 109 Å². The van der Waals surface area contributed by atoms with E-state index in [9.17, 15) is 4.79 Å². The van der Waals surface area contributed by atoms with E-state index in [0.717, 1.165) is 16.9 Å². The molecule has 1 aromatic rings. The Hall–Kier alpha value is -1.77. The van der Waals surface area contributed by atoms with E-state index in [0.29, 0.717) is 0 Å². The van der Waals surface area contributed by atoms with Gasteiger partial charge in [0.25, 0.3) is 0 Å². The van der Waals surface area contributed by atoms with E-state index in [1.54, 1.807) is 18.1 Å². The quantitative estimate of drug-likeness (QED) is 0.765. The average Bonchev–Trinajstić information content (AvgIpc) is 2.36. The largest absolute Gasteiger partial charge is 0.497 e. The van der Waals surface area contributed by atoms with Gasteiger partial charge in [0.2, 0.25) is 5.91 Å². The van der Waals surface area contributed by atoms with Gasteiger partial charge in [-0.15, -0.1) is 0 Å². The summed E-state index contributed by atoms with van der Waals surface area (Å²) < 4.78 is 5.12. The minimum absolute atomic E-state index is 0.0262. The maximum absolute atomic E-state index is 11.9. The number of ether oxygens (including phenoxy) is 1. The van der Waals surface area contributed by atoms with Gasteiger partial charge in [0.15, 0.2) is 0 Å². The van der Waals surface area contributed by atoms with E-state index < -0.39 is 0 Å². The van der Waals surface area contributed by atoms with Gasteiger partial charge in [-0.3, -0.25) is 4.79 Å². The number of hydrogen-bond acceptors (Lipinski definition) is 2. The van der Waals surface area contributed by atoms with E-state index in [4.69, 9.17) is 4.74 Å². The van der Waals surface area contributed by atoms with Crippen molar-refractivity contribution in [3.63, 3.8) is 0 Å². The lowest BCUT2D eigenvalue weighted by Crippen LogP contribution is -2.28. The Morgan fingerprint density at radius 2 is 1.83 bits per heavy atom. The molecule has 1 amide bonds. The number of methoxy groups -OCH3 is 1. The highest BCUT2D eigenvalue weighted by atomic mass is 16.5. The number of carbonyl (C=O) groups excluding carboxylic acids is 1. The predicted molar refractivity (Wildman–Crippen MR) is 73.6 cm³/mol. The monoisotopic (exact) mass is 247 g/mol. The van der Waals surface area contributed by atoms with Crippen molar-refractivity contribution in [2.45, 2.75) is 26.8 Å². The molecule has 3 nitrogen and oxygen atoms in total. The van der Waals surface area contributed by atoms with E-state index in [1.807, 2.05) is 52.1 Å². The van der Waals surface area contributed by atoms with E-state index in [2.05, 4.69) is 0 Å². The van der Waals surface area contributed by atoms with Gasteiger partial charge in [-0.2, -0.15) is 0 Å². The summed E-state index contributed by atoms with van der Waals surface area (Å²) in [5, 5.41) is 0. The van der Waals surface area contributed by atoms with Crippen LogP contribution in [0, 0.1) is 0 Å². The van der Waals surface area contributed by atoms with Gasteiger partial charge in [-0.25, -0.2) is 0 Å². The molecule has 0 saturated heterocycles. The lowest BCUT2D eigenvalue weighted by molar-refractivity contribution is -0.126. The summed E-state index contributed by atoms with van der Waals surface area (Å²) in [6, 6.07) is 7.82. The zero-order valence-electron chi connectivity index (χ0n) is 11.7. The number of amides is 1. The summed E-state index contributed by atoms with van der Waals surface area (Å²) in [5.74, 6) is 0.850. The third-order valence-corrected chi connectivity index (χ3v) is 2.94. The number of carbonyl (C=O) groups is 1. The van der Waals surface area contributed by atoms with E-state index in [-0.39, 0.29) is 11.9 Å². The smallest absolute Gasteiger partial charge is 0.246 e. The highest BCUT2D eigenvalue weighted by Crippen LogP contribution is 2.21. The number of rotatable bonds is 4. The molecule has 0 N–H and O–H groups in total. The molecule has 1 unspecified atom stereocenters. The van der Waals surface area contributed by atoms with Crippen molar-refractivity contribution in [2.75, 3.05) is 14.2 Å². The second-order valence-corrected chi connectivity index (χ2v) is 4.62. The molecule has 0 bridgehead atoms. The maximum Gasteiger partial charge on any atom is 0.246 e. The van der Waals surface area contributed by atoms with Crippen molar-refractivity contribution in [1.29, 1.82) is 0 Å². The van der Waals surface area contributed by atoms with Gasteiger partial charge in [-0.1, -0.05) is 17.7 Å². The van der Waals surface area contributed by atoms with Crippen LogP contribution in [0.15, 0.2) is 35.9 Å². The normalized spacial score (nSPS) is 11.6. The number of likely N-dealkylation sites (N-methyl/N-ethyl adjacent to an activating group) is 1. The zero-order valence-corrected chi connectivity index (χ0v) is 11.7. The highest BCUT2D eigenvalue weighted by Gasteiger charge is 2.15.